The maximum atomic E-state index is 5.41. The highest BCUT2D eigenvalue weighted by Crippen LogP contribution is 2.39. The Hall–Kier alpha value is -0.920. The van der Waals surface area contributed by atoms with Gasteiger partial charge in [0.05, 0.1) is 5.82 Å². The lowest BCUT2D eigenvalue weighted by atomic mass is 10.0. The summed E-state index contributed by atoms with van der Waals surface area (Å²) >= 11 is 0. The van der Waals surface area contributed by atoms with Crippen molar-refractivity contribution in [1.29, 1.82) is 0 Å². The number of nitrogens with two attached hydrogens (primary N) is 2. The van der Waals surface area contributed by atoms with Crippen LogP contribution in [0.1, 0.15) is 33.1 Å². The molecule has 1 rings (SSSR count). The molecule has 2 nitrogen and oxygen atoms in total. The average molecular weight is 166 g/mol. The fourth-order valence-electron chi connectivity index (χ4n) is 1.66. The second kappa shape index (κ2) is 3.65. The van der Waals surface area contributed by atoms with Crippen molar-refractivity contribution >= 4 is 0 Å². The number of rotatable bonds is 3. The Bertz CT molecular complexity index is 218. The molecule has 0 spiro atoms. The van der Waals surface area contributed by atoms with E-state index < -0.39 is 0 Å². The molecule has 0 saturated heterocycles. The minimum absolute atomic E-state index is 0.416. The summed E-state index contributed by atoms with van der Waals surface area (Å²) in [6, 6.07) is 0. The highest BCUT2D eigenvalue weighted by atomic mass is 14.8. The standard InChI is InChI=1S/C10H18N2/c1-3-9(8-4-5-8)7(2)6-10(11)12/h6,8H,3-5,11-12H2,1-2H3/b9-7+. The van der Waals surface area contributed by atoms with Crippen LogP contribution in [0.25, 0.3) is 0 Å². The maximum absolute atomic E-state index is 5.41. The quantitative estimate of drug-likeness (QED) is 0.629. The van der Waals surface area contributed by atoms with Crippen LogP contribution >= 0.6 is 0 Å². The molecule has 0 aliphatic heterocycles. The molecule has 1 aliphatic carbocycles. The summed E-state index contributed by atoms with van der Waals surface area (Å²) in [7, 11) is 0. The second-order valence-corrected chi connectivity index (χ2v) is 3.48. The van der Waals surface area contributed by atoms with Crippen LogP contribution in [0.2, 0.25) is 0 Å². The minimum Gasteiger partial charge on any atom is -0.386 e. The van der Waals surface area contributed by atoms with E-state index in [9.17, 15) is 0 Å². The topological polar surface area (TPSA) is 52.0 Å². The molecule has 1 saturated carbocycles. The van der Waals surface area contributed by atoms with Crippen LogP contribution in [0.4, 0.5) is 0 Å². The molecule has 12 heavy (non-hydrogen) atoms. The molecule has 68 valence electrons. The predicted molar refractivity (Wildman–Crippen MR) is 52.2 cm³/mol. The van der Waals surface area contributed by atoms with Crippen molar-refractivity contribution in [2.24, 2.45) is 17.4 Å². The van der Waals surface area contributed by atoms with E-state index >= 15 is 0 Å². The molecule has 0 unspecified atom stereocenters. The van der Waals surface area contributed by atoms with E-state index in [1.165, 1.54) is 24.0 Å². The van der Waals surface area contributed by atoms with Gasteiger partial charge in [0.1, 0.15) is 0 Å². The van der Waals surface area contributed by atoms with Crippen molar-refractivity contribution in [3.05, 3.63) is 23.0 Å². The molecule has 0 atom stereocenters. The van der Waals surface area contributed by atoms with Crippen molar-refractivity contribution in [2.45, 2.75) is 33.1 Å². The minimum atomic E-state index is 0.416. The molecule has 0 heterocycles. The van der Waals surface area contributed by atoms with Gasteiger partial charge in [-0.3, -0.25) is 0 Å². The van der Waals surface area contributed by atoms with Gasteiger partial charge in [-0.05, 0) is 43.8 Å². The van der Waals surface area contributed by atoms with E-state index in [1.54, 1.807) is 0 Å². The third-order valence-electron chi connectivity index (χ3n) is 2.34. The molecule has 0 aromatic rings. The summed E-state index contributed by atoms with van der Waals surface area (Å²) in [5.74, 6) is 1.24. The third kappa shape index (κ3) is 2.29. The summed E-state index contributed by atoms with van der Waals surface area (Å²) in [6.45, 7) is 4.29. The van der Waals surface area contributed by atoms with Crippen molar-refractivity contribution in [2.75, 3.05) is 0 Å². The molecule has 0 amide bonds. The van der Waals surface area contributed by atoms with Crippen LogP contribution in [0.5, 0.6) is 0 Å². The Morgan fingerprint density at radius 1 is 1.42 bits per heavy atom. The zero-order chi connectivity index (χ0) is 9.14. The van der Waals surface area contributed by atoms with E-state index in [4.69, 9.17) is 11.5 Å². The Morgan fingerprint density at radius 3 is 2.33 bits per heavy atom. The number of allylic oxidation sites excluding steroid dienone is 3. The number of hydrogen-bond acceptors (Lipinski definition) is 2. The monoisotopic (exact) mass is 166 g/mol. The molecule has 2 heteroatoms. The second-order valence-electron chi connectivity index (χ2n) is 3.48. The molecular formula is C10H18N2. The Balaban J connectivity index is 2.76. The van der Waals surface area contributed by atoms with Crippen molar-refractivity contribution in [1.82, 2.24) is 0 Å². The lowest BCUT2D eigenvalue weighted by molar-refractivity contribution is 0.892. The first-order valence-electron chi connectivity index (χ1n) is 4.57. The van der Waals surface area contributed by atoms with Gasteiger partial charge in [0.25, 0.3) is 0 Å². The third-order valence-corrected chi connectivity index (χ3v) is 2.34. The Kier molecular flexibility index (Phi) is 2.79. The van der Waals surface area contributed by atoms with Gasteiger partial charge in [0.2, 0.25) is 0 Å². The maximum Gasteiger partial charge on any atom is 0.0936 e. The summed E-state index contributed by atoms with van der Waals surface area (Å²) in [5, 5.41) is 0. The largest absolute Gasteiger partial charge is 0.386 e. The van der Waals surface area contributed by atoms with Crippen LogP contribution in [-0.2, 0) is 0 Å². The van der Waals surface area contributed by atoms with Gasteiger partial charge in [0, 0.05) is 0 Å². The van der Waals surface area contributed by atoms with Gasteiger partial charge in [-0.25, -0.2) is 0 Å². The lowest BCUT2D eigenvalue weighted by Crippen LogP contribution is -2.08. The zero-order valence-corrected chi connectivity index (χ0v) is 7.93. The smallest absolute Gasteiger partial charge is 0.0936 e. The highest BCUT2D eigenvalue weighted by molar-refractivity contribution is 5.29. The molecule has 1 aliphatic rings. The van der Waals surface area contributed by atoms with Crippen molar-refractivity contribution < 1.29 is 0 Å². The van der Waals surface area contributed by atoms with Gasteiger partial charge in [0.15, 0.2) is 0 Å². The highest BCUT2D eigenvalue weighted by Gasteiger charge is 2.25. The SMILES string of the molecule is CC/C(=C(/C)C=C(N)N)C1CC1. The van der Waals surface area contributed by atoms with Crippen LogP contribution in [-0.4, -0.2) is 0 Å². The van der Waals surface area contributed by atoms with E-state index in [-0.39, 0.29) is 0 Å². The van der Waals surface area contributed by atoms with Crippen molar-refractivity contribution in [3.8, 4) is 0 Å². The van der Waals surface area contributed by atoms with E-state index in [0.717, 1.165) is 12.3 Å². The molecule has 4 N–H and O–H groups in total. The van der Waals surface area contributed by atoms with E-state index in [2.05, 4.69) is 13.8 Å². The van der Waals surface area contributed by atoms with E-state index in [0.29, 0.717) is 5.82 Å². The molecule has 1 fully saturated rings. The average Bonchev–Trinajstić information content (AvgIpc) is 2.70. The fourth-order valence-corrected chi connectivity index (χ4v) is 1.66. The molecule has 0 aromatic heterocycles. The van der Waals surface area contributed by atoms with Crippen molar-refractivity contribution in [3.63, 3.8) is 0 Å². The first-order chi connectivity index (χ1) is 5.65. The van der Waals surface area contributed by atoms with Gasteiger partial charge in [-0.2, -0.15) is 0 Å². The van der Waals surface area contributed by atoms with Gasteiger partial charge >= 0.3 is 0 Å². The molecule has 0 aromatic carbocycles. The van der Waals surface area contributed by atoms with Gasteiger partial charge in [-0.15, -0.1) is 0 Å². The first-order valence-corrected chi connectivity index (χ1v) is 4.57. The molecular weight excluding hydrogens is 148 g/mol. The van der Waals surface area contributed by atoms with Gasteiger partial charge in [-0.1, -0.05) is 12.5 Å². The van der Waals surface area contributed by atoms with Gasteiger partial charge < -0.3 is 11.5 Å². The lowest BCUT2D eigenvalue weighted by Gasteiger charge is -2.05. The molecule has 0 radical (unpaired) electrons. The predicted octanol–water partition coefficient (Wildman–Crippen LogP) is 1.88. The normalized spacial score (nSPS) is 18.5. The zero-order valence-electron chi connectivity index (χ0n) is 7.93. The van der Waals surface area contributed by atoms with Crippen LogP contribution < -0.4 is 11.5 Å². The summed E-state index contributed by atoms with van der Waals surface area (Å²) in [5.41, 5.74) is 13.6. The Morgan fingerprint density at radius 2 is 2.00 bits per heavy atom. The van der Waals surface area contributed by atoms with Crippen LogP contribution in [0.3, 0.4) is 0 Å². The van der Waals surface area contributed by atoms with Crippen LogP contribution in [0, 0.1) is 5.92 Å². The summed E-state index contributed by atoms with van der Waals surface area (Å²) in [4.78, 5) is 0. The summed E-state index contributed by atoms with van der Waals surface area (Å²) in [6.07, 6.45) is 5.69. The first kappa shape index (κ1) is 9.17. The Labute approximate surface area is 74.3 Å². The number of hydrogen-bond donors (Lipinski definition) is 2. The summed E-state index contributed by atoms with van der Waals surface area (Å²) < 4.78 is 0. The van der Waals surface area contributed by atoms with Crippen LogP contribution in [0.15, 0.2) is 23.0 Å². The fraction of sp³-hybridized carbons (Fsp3) is 0.600. The molecule has 0 bridgehead atoms. The van der Waals surface area contributed by atoms with E-state index in [1.807, 2.05) is 6.08 Å².